The fourth-order valence-electron chi connectivity index (χ4n) is 0.961. The summed E-state index contributed by atoms with van der Waals surface area (Å²) in [5.74, 6) is -0.587. The highest BCUT2D eigenvalue weighted by Gasteiger charge is 2.13. The quantitative estimate of drug-likeness (QED) is 0.564. The predicted molar refractivity (Wildman–Crippen MR) is 51.9 cm³/mol. The second-order valence-corrected chi connectivity index (χ2v) is 2.93. The van der Waals surface area contributed by atoms with Crippen molar-refractivity contribution in [2.75, 3.05) is 12.8 Å². The van der Waals surface area contributed by atoms with Crippen molar-refractivity contribution in [2.45, 2.75) is 0 Å². The van der Waals surface area contributed by atoms with Crippen molar-refractivity contribution in [1.82, 2.24) is 0 Å². The number of esters is 1. The number of anilines is 1. The Morgan fingerprint density at radius 1 is 1.64 bits per heavy atom. The van der Waals surface area contributed by atoms with E-state index in [0.717, 1.165) is 0 Å². The number of nitriles is 1. The molecule has 0 fully saturated rings. The largest absolute Gasteiger partial charge is 0.465 e. The number of ether oxygens (including phenoxy) is 1. The maximum absolute atomic E-state index is 11.2. The second kappa shape index (κ2) is 3.99. The Hall–Kier alpha value is -1.73. The van der Waals surface area contributed by atoms with Crippen molar-refractivity contribution < 1.29 is 9.53 Å². The average molecular weight is 211 g/mol. The Balaban J connectivity index is 3.33. The Kier molecular flexibility index (Phi) is 2.95. The molecule has 1 aromatic rings. The molecule has 0 bridgehead atoms. The lowest BCUT2D eigenvalue weighted by atomic mass is 10.1. The van der Waals surface area contributed by atoms with Crippen LogP contribution in [0.15, 0.2) is 12.1 Å². The highest BCUT2D eigenvalue weighted by molar-refractivity contribution is 6.32. The lowest BCUT2D eigenvalue weighted by Crippen LogP contribution is -2.06. The molecule has 5 heteroatoms. The van der Waals surface area contributed by atoms with Crippen LogP contribution in [0.3, 0.4) is 0 Å². The molecule has 0 aromatic heterocycles. The molecule has 0 saturated carbocycles. The van der Waals surface area contributed by atoms with E-state index >= 15 is 0 Å². The first-order valence-electron chi connectivity index (χ1n) is 3.67. The molecule has 0 aliphatic carbocycles. The van der Waals surface area contributed by atoms with Gasteiger partial charge in [0.2, 0.25) is 0 Å². The number of nitrogens with two attached hydrogens (primary N) is 1. The Bertz CT molecular complexity index is 424. The fourth-order valence-corrected chi connectivity index (χ4v) is 1.18. The summed E-state index contributed by atoms with van der Waals surface area (Å²) in [6.45, 7) is 0. The van der Waals surface area contributed by atoms with Gasteiger partial charge in [0.15, 0.2) is 0 Å². The van der Waals surface area contributed by atoms with Crippen molar-refractivity contribution in [3.63, 3.8) is 0 Å². The third kappa shape index (κ3) is 1.78. The third-order valence-electron chi connectivity index (χ3n) is 1.66. The van der Waals surface area contributed by atoms with E-state index in [1.807, 2.05) is 6.07 Å². The van der Waals surface area contributed by atoms with Crippen LogP contribution >= 0.6 is 11.6 Å². The van der Waals surface area contributed by atoms with E-state index in [1.165, 1.54) is 19.2 Å². The number of methoxy groups -OCH3 is 1. The molecule has 0 saturated heterocycles. The summed E-state index contributed by atoms with van der Waals surface area (Å²) in [7, 11) is 1.24. The molecule has 0 unspecified atom stereocenters. The zero-order chi connectivity index (χ0) is 10.7. The number of nitrogen functional groups attached to an aromatic ring is 1. The molecule has 0 heterocycles. The molecule has 4 nitrogen and oxygen atoms in total. The topological polar surface area (TPSA) is 76.1 Å². The summed E-state index contributed by atoms with van der Waals surface area (Å²) >= 11 is 5.69. The van der Waals surface area contributed by atoms with Crippen molar-refractivity contribution in [2.24, 2.45) is 0 Å². The number of carbonyl (C=O) groups is 1. The van der Waals surface area contributed by atoms with Crippen LogP contribution in [0.4, 0.5) is 5.69 Å². The predicted octanol–water partition coefficient (Wildman–Crippen LogP) is 1.58. The summed E-state index contributed by atoms with van der Waals surface area (Å²) in [6.07, 6.45) is 0. The van der Waals surface area contributed by atoms with Crippen molar-refractivity contribution >= 4 is 23.3 Å². The Labute approximate surface area is 85.8 Å². The van der Waals surface area contributed by atoms with Crippen LogP contribution in [0.2, 0.25) is 5.02 Å². The van der Waals surface area contributed by atoms with Gasteiger partial charge < -0.3 is 10.5 Å². The van der Waals surface area contributed by atoms with Crippen LogP contribution in [-0.2, 0) is 4.74 Å². The van der Waals surface area contributed by atoms with Gasteiger partial charge in [-0.2, -0.15) is 5.26 Å². The minimum absolute atomic E-state index is 0.147. The van der Waals surface area contributed by atoms with Crippen LogP contribution in [-0.4, -0.2) is 13.1 Å². The summed E-state index contributed by atoms with van der Waals surface area (Å²) in [5, 5.41) is 8.88. The van der Waals surface area contributed by atoms with Gasteiger partial charge in [-0.1, -0.05) is 11.6 Å². The molecule has 0 amide bonds. The van der Waals surface area contributed by atoms with Gasteiger partial charge in [-0.15, -0.1) is 0 Å². The number of carbonyl (C=O) groups excluding carboxylic acids is 1. The molecule has 0 aliphatic rings. The molecular weight excluding hydrogens is 204 g/mol. The minimum Gasteiger partial charge on any atom is -0.465 e. The fraction of sp³-hybridized carbons (Fsp3) is 0.111. The number of nitrogens with zero attached hydrogens (tertiary/aromatic N) is 1. The SMILES string of the molecule is COC(=O)c1cc(C#N)c(Cl)cc1N. The molecule has 72 valence electrons. The molecule has 14 heavy (non-hydrogen) atoms. The maximum Gasteiger partial charge on any atom is 0.340 e. The van der Waals surface area contributed by atoms with Crippen LogP contribution in [0.1, 0.15) is 15.9 Å². The third-order valence-corrected chi connectivity index (χ3v) is 1.98. The van der Waals surface area contributed by atoms with E-state index in [1.54, 1.807) is 0 Å². The number of benzene rings is 1. The molecule has 0 atom stereocenters. The van der Waals surface area contributed by atoms with Crippen molar-refractivity contribution in [3.8, 4) is 6.07 Å². The van der Waals surface area contributed by atoms with Gasteiger partial charge in [0, 0.05) is 5.69 Å². The Morgan fingerprint density at radius 3 is 2.79 bits per heavy atom. The van der Waals surface area contributed by atoms with Gasteiger partial charge >= 0.3 is 5.97 Å². The normalized spacial score (nSPS) is 9.21. The average Bonchev–Trinajstić information content (AvgIpc) is 2.17. The maximum atomic E-state index is 11.2. The van der Waals surface area contributed by atoms with Gasteiger partial charge in [0.05, 0.1) is 23.3 Å². The second-order valence-electron chi connectivity index (χ2n) is 2.52. The summed E-state index contributed by atoms with van der Waals surface area (Å²) in [5.41, 5.74) is 6.06. The summed E-state index contributed by atoms with van der Waals surface area (Å²) in [6, 6.07) is 4.51. The number of halogens is 1. The van der Waals surface area contributed by atoms with E-state index in [4.69, 9.17) is 22.6 Å². The van der Waals surface area contributed by atoms with Gasteiger partial charge in [0.25, 0.3) is 0 Å². The van der Waals surface area contributed by atoms with E-state index in [0.29, 0.717) is 0 Å². The molecular formula is C9H7ClN2O2. The summed E-state index contributed by atoms with van der Waals surface area (Å²) in [4.78, 5) is 11.2. The smallest absolute Gasteiger partial charge is 0.340 e. The monoisotopic (exact) mass is 210 g/mol. The molecule has 2 N–H and O–H groups in total. The summed E-state index contributed by atoms with van der Waals surface area (Å²) < 4.78 is 4.49. The minimum atomic E-state index is -0.587. The molecule has 1 rings (SSSR count). The number of rotatable bonds is 1. The van der Waals surface area contributed by atoms with Gasteiger partial charge in [-0.3, -0.25) is 0 Å². The van der Waals surface area contributed by atoms with Crippen LogP contribution in [0, 0.1) is 11.3 Å². The van der Waals surface area contributed by atoms with Crippen LogP contribution in [0.5, 0.6) is 0 Å². The van der Waals surface area contributed by atoms with Crippen molar-refractivity contribution in [1.29, 1.82) is 5.26 Å². The number of hydrogen-bond donors (Lipinski definition) is 1. The lowest BCUT2D eigenvalue weighted by Gasteiger charge is -2.04. The van der Waals surface area contributed by atoms with E-state index in [2.05, 4.69) is 4.74 Å². The van der Waals surface area contributed by atoms with Gasteiger partial charge in [0.1, 0.15) is 6.07 Å². The molecule has 1 aromatic carbocycles. The van der Waals surface area contributed by atoms with E-state index < -0.39 is 5.97 Å². The van der Waals surface area contributed by atoms with Crippen LogP contribution < -0.4 is 5.73 Å². The first-order chi connectivity index (χ1) is 6.60. The Morgan fingerprint density at radius 2 is 2.29 bits per heavy atom. The molecule has 0 aliphatic heterocycles. The molecule has 0 spiro atoms. The molecule has 0 radical (unpaired) electrons. The first kappa shape index (κ1) is 10.4. The van der Waals surface area contributed by atoms with Gasteiger partial charge in [-0.25, -0.2) is 4.79 Å². The lowest BCUT2D eigenvalue weighted by molar-refractivity contribution is 0.0602. The highest BCUT2D eigenvalue weighted by Crippen LogP contribution is 2.23. The zero-order valence-corrected chi connectivity index (χ0v) is 8.13. The first-order valence-corrected chi connectivity index (χ1v) is 4.05. The highest BCUT2D eigenvalue weighted by atomic mass is 35.5. The zero-order valence-electron chi connectivity index (χ0n) is 7.37. The van der Waals surface area contributed by atoms with E-state index in [9.17, 15) is 4.79 Å². The van der Waals surface area contributed by atoms with Gasteiger partial charge in [-0.05, 0) is 12.1 Å². The standard InChI is InChI=1S/C9H7ClN2O2/c1-14-9(13)6-2-5(4-11)7(10)3-8(6)12/h2-3H,12H2,1H3. The van der Waals surface area contributed by atoms with Crippen LogP contribution in [0.25, 0.3) is 0 Å². The number of hydrogen-bond acceptors (Lipinski definition) is 4. The van der Waals surface area contributed by atoms with Crippen molar-refractivity contribution in [3.05, 3.63) is 28.3 Å². The van der Waals surface area contributed by atoms with E-state index in [-0.39, 0.29) is 21.8 Å².